The lowest BCUT2D eigenvalue weighted by molar-refractivity contribution is 0.563. The molecule has 0 atom stereocenters. The minimum absolute atomic E-state index is 0.345. The van der Waals surface area contributed by atoms with E-state index in [9.17, 15) is 0 Å². The minimum atomic E-state index is 0.345. The Morgan fingerprint density at radius 1 is 0.815 bits per heavy atom. The number of rotatable bonds is 11. The van der Waals surface area contributed by atoms with E-state index in [1.54, 1.807) is 0 Å². The maximum absolute atomic E-state index is 4.70. The molecule has 27 heavy (non-hydrogen) atoms. The second-order valence-corrected chi connectivity index (χ2v) is 7.38. The molecule has 0 radical (unpaired) electrons. The van der Waals surface area contributed by atoms with Crippen molar-refractivity contribution in [2.24, 2.45) is 0 Å². The van der Waals surface area contributed by atoms with Gasteiger partial charge in [0.1, 0.15) is 0 Å². The summed E-state index contributed by atoms with van der Waals surface area (Å²) in [6, 6.07) is 21.6. The first-order chi connectivity index (χ1) is 13.4. The molecule has 1 aromatic heterocycles. The third-order valence-electron chi connectivity index (χ3n) is 5.34. The lowest BCUT2D eigenvalue weighted by Gasteiger charge is -2.18. The average molecular weight is 358 g/mol. The normalized spacial score (nSPS) is 11.0. The fourth-order valence-corrected chi connectivity index (χ4v) is 3.78. The van der Waals surface area contributed by atoms with Crippen molar-refractivity contribution in [2.75, 3.05) is 0 Å². The molecule has 3 aromatic rings. The Balaban J connectivity index is 1.67. The van der Waals surface area contributed by atoms with Gasteiger partial charge >= 0.3 is 0 Å². The van der Waals surface area contributed by atoms with Crippen LogP contribution >= 0.6 is 0 Å². The zero-order valence-electron chi connectivity index (χ0n) is 16.6. The van der Waals surface area contributed by atoms with E-state index >= 15 is 0 Å². The molecule has 0 saturated carbocycles. The van der Waals surface area contributed by atoms with E-state index < -0.39 is 0 Å². The smallest absolute Gasteiger partial charge is 0.217 e. The Morgan fingerprint density at radius 3 is 2.04 bits per heavy atom. The summed E-state index contributed by atoms with van der Waals surface area (Å²) in [6.07, 6.45) is 12.1. The number of benzene rings is 2. The Kier molecular flexibility index (Phi) is 7.76. The molecule has 2 aromatic carbocycles. The fraction of sp³-hybridized carbons (Fsp3) is 0.375. The third kappa shape index (κ3) is 5.85. The van der Waals surface area contributed by atoms with Gasteiger partial charge in [0.2, 0.25) is 7.28 Å². The summed E-state index contributed by atoms with van der Waals surface area (Å²) in [4.78, 5) is 4.70. The average Bonchev–Trinajstić information content (AvgIpc) is 3.17. The van der Waals surface area contributed by atoms with Crippen molar-refractivity contribution in [3.63, 3.8) is 0 Å². The molecule has 140 valence electrons. The summed E-state index contributed by atoms with van der Waals surface area (Å²) in [5, 5.41) is 0. The molecular formula is C24H31BN2. The zero-order chi connectivity index (χ0) is 18.7. The zero-order valence-corrected chi connectivity index (χ0v) is 16.6. The molecule has 0 spiro atoms. The van der Waals surface area contributed by atoms with Crippen LogP contribution < -0.4 is 5.72 Å². The third-order valence-corrected chi connectivity index (χ3v) is 5.34. The molecular weight excluding hydrogens is 327 g/mol. The van der Waals surface area contributed by atoms with Crippen LogP contribution in [0.3, 0.4) is 0 Å². The van der Waals surface area contributed by atoms with Gasteiger partial charge in [-0.1, -0.05) is 99.7 Å². The maximum atomic E-state index is 4.70. The first-order valence-corrected chi connectivity index (χ1v) is 10.5. The molecule has 0 amide bonds. The van der Waals surface area contributed by atoms with Gasteiger partial charge in [0.05, 0.1) is 5.72 Å². The molecule has 0 unspecified atom stereocenters. The summed E-state index contributed by atoms with van der Waals surface area (Å²) < 4.78 is 2.36. The van der Waals surface area contributed by atoms with Crippen LogP contribution in [0.2, 0.25) is 0 Å². The Hall–Kier alpha value is -2.29. The van der Waals surface area contributed by atoms with Gasteiger partial charge in [-0.3, -0.25) is 4.98 Å². The molecule has 1 heterocycles. The van der Waals surface area contributed by atoms with E-state index in [2.05, 4.69) is 78.4 Å². The summed E-state index contributed by atoms with van der Waals surface area (Å²) in [5.74, 6) is 0.345. The number of hydrogen-bond acceptors (Lipinski definition) is 1. The first-order valence-electron chi connectivity index (χ1n) is 10.5. The van der Waals surface area contributed by atoms with Crippen LogP contribution in [0.1, 0.15) is 62.4 Å². The van der Waals surface area contributed by atoms with Gasteiger partial charge in [0, 0.05) is 18.9 Å². The Morgan fingerprint density at radius 2 is 1.41 bits per heavy atom. The van der Waals surface area contributed by atoms with Gasteiger partial charge in [0.15, 0.2) is 0 Å². The lowest BCUT2D eigenvalue weighted by Crippen LogP contribution is -2.31. The highest BCUT2D eigenvalue weighted by molar-refractivity contribution is 6.54. The summed E-state index contributed by atoms with van der Waals surface area (Å²) in [5.41, 5.74) is 3.91. The number of aromatic nitrogens is 2. The van der Waals surface area contributed by atoms with Crippen molar-refractivity contribution < 1.29 is 0 Å². The minimum Gasteiger partial charge on any atom is -0.343 e. The van der Waals surface area contributed by atoms with E-state index in [0.29, 0.717) is 5.82 Å². The fourth-order valence-electron chi connectivity index (χ4n) is 3.78. The Labute approximate surface area is 164 Å². The number of nitrogens with zero attached hydrogens (tertiary/aromatic N) is 2. The predicted molar refractivity (Wildman–Crippen MR) is 117 cm³/mol. The first kappa shape index (κ1) is 19.5. The molecule has 0 fully saturated rings. The highest BCUT2D eigenvalue weighted by Gasteiger charge is 2.19. The molecule has 0 N–H and O–H groups in total. The largest absolute Gasteiger partial charge is 0.343 e. The maximum Gasteiger partial charge on any atom is 0.217 e. The summed E-state index contributed by atoms with van der Waals surface area (Å²) in [7, 11) is 0.941. The molecule has 3 heteroatoms. The van der Waals surface area contributed by atoms with Crippen LogP contribution in [0.5, 0.6) is 0 Å². The Bertz CT molecular complexity index is 728. The van der Waals surface area contributed by atoms with Crippen LogP contribution in [0.25, 0.3) is 0 Å². The van der Waals surface area contributed by atoms with E-state index in [-0.39, 0.29) is 0 Å². The van der Waals surface area contributed by atoms with Gasteiger partial charge in [-0.15, -0.1) is 0 Å². The standard InChI is InChI=1S/C24H31BN2/c1-2-3-4-5-6-13-19-27-20-18-26-24(27)25-23(21-14-9-7-10-15-21)22-16-11-8-12-17-22/h7-12,14-18,20,23,25H,2-6,13,19H2,1H3. The second kappa shape index (κ2) is 10.8. The van der Waals surface area contributed by atoms with Crippen LogP contribution in [0, 0.1) is 0 Å². The molecule has 0 bridgehead atoms. The van der Waals surface area contributed by atoms with E-state index in [1.165, 1.54) is 55.4 Å². The topological polar surface area (TPSA) is 17.8 Å². The van der Waals surface area contributed by atoms with E-state index in [1.807, 2.05) is 6.20 Å². The molecule has 0 aliphatic heterocycles. The van der Waals surface area contributed by atoms with Crippen LogP contribution in [0.4, 0.5) is 0 Å². The second-order valence-electron chi connectivity index (χ2n) is 7.38. The van der Waals surface area contributed by atoms with Crippen molar-refractivity contribution in [3.05, 3.63) is 84.2 Å². The highest BCUT2D eigenvalue weighted by atomic mass is 15.0. The van der Waals surface area contributed by atoms with Gasteiger partial charge in [-0.05, 0) is 23.4 Å². The van der Waals surface area contributed by atoms with E-state index in [4.69, 9.17) is 4.98 Å². The van der Waals surface area contributed by atoms with Gasteiger partial charge in [0.25, 0.3) is 0 Å². The molecule has 0 aliphatic rings. The molecule has 0 saturated heterocycles. The van der Waals surface area contributed by atoms with Crippen molar-refractivity contribution in [2.45, 2.75) is 57.8 Å². The van der Waals surface area contributed by atoms with Crippen molar-refractivity contribution in [1.29, 1.82) is 0 Å². The van der Waals surface area contributed by atoms with Crippen LogP contribution in [-0.4, -0.2) is 16.8 Å². The number of hydrogen-bond donors (Lipinski definition) is 0. The monoisotopic (exact) mass is 358 g/mol. The lowest BCUT2D eigenvalue weighted by atomic mass is 9.58. The summed E-state index contributed by atoms with van der Waals surface area (Å²) in [6.45, 7) is 3.35. The highest BCUT2D eigenvalue weighted by Crippen LogP contribution is 2.23. The van der Waals surface area contributed by atoms with Gasteiger partial charge in [-0.2, -0.15) is 0 Å². The van der Waals surface area contributed by atoms with Crippen molar-refractivity contribution >= 4 is 13.0 Å². The SMILES string of the molecule is CCCCCCCCn1ccnc1BC(c1ccccc1)c1ccccc1. The van der Waals surface area contributed by atoms with Gasteiger partial charge in [-0.25, -0.2) is 0 Å². The van der Waals surface area contributed by atoms with Crippen molar-refractivity contribution in [3.8, 4) is 0 Å². The predicted octanol–water partition coefficient (Wildman–Crippen LogP) is 5.10. The quantitative estimate of drug-likeness (QED) is 0.345. The number of unbranched alkanes of at least 4 members (excludes halogenated alkanes) is 5. The molecule has 0 aliphatic carbocycles. The number of imidazole rings is 1. The molecule has 3 rings (SSSR count). The number of aryl methyl sites for hydroxylation is 1. The van der Waals surface area contributed by atoms with Crippen LogP contribution in [-0.2, 0) is 6.54 Å². The van der Waals surface area contributed by atoms with Gasteiger partial charge < -0.3 is 4.57 Å². The van der Waals surface area contributed by atoms with E-state index in [0.717, 1.165) is 13.8 Å². The summed E-state index contributed by atoms with van der Waals surface area (Å²) >= 11 is 0. The van der Waals surface area contributed by atoms with Crippen molar-refractivity contribution in [1.82, 2.24) is 9.55 Å². The molecule has 2 nitrogen and oxygen atoms in total. The van der Waals surface area contributed by atoms with Crippen LogP contribution in [0.15, 0.2) is 73.1 Å².